The van der Waals surface area contributed by atoms with E-state index in [1.165, 1.54) is 6.26 Å². The summed E-state index contributed by atoms with van der Waals surface area (Å²) < 4.78 is 25.6. The Morgan fingerprint density at radius 2 is 2.28 bits per heavy atom. The van der Waals surface area contributed by atoms with Gasteiger partial charge in [-0.15, -0.1) is 0 Å². The van der Waals surface area contributed by atoms with Gasteiger partial charge in [-0.25, -0.2) is 12.7 Å². The van der Waals surface area contributed by atoms with Gasteiger partial charge in [0.05, 0.1) is 6.26 Å². The molecule has 1 aliphatic rings. The number of hydrogen-bond acceptors (Lipinski definition) is 3. The van der Waals surface area contributed by atoms with Gasteiger partial charge in [-0.2, -0.15) is 0 Å². The molecule has 2 heterocycles. The first-order chi connectivity index (χ1) is 8.45. The maximum Gasteiger partial charge on any atom is 0.211 e. The van der Waals surface area contributed by atoms with E-state index in [1.54, 1.807) is 10.5 Å². The van der Waals surface area contributed by atoms with E-state index < -0.39 is 10.0 Å². The SMILES string of the molecule is CS(=O)(=O)N1CCCC(Cc2cncc(Br)c2)C1. The molecule has 1 saturated heterocycles. The van der Waals surface area contributed by atoms with Crippen LogP contribution < -0.4 is 0 Å². The van der Waals surface area contributed by atoms with E-state index in [-0.39, 0.29) is 0 Å². The number of hydrogen-bond donors (Lipinski definition) is 0. The first-order valence-corrected chi connectivity index (χ1v) is 8.64. The molecule has 4 nitrogen and oxygen atoms in total. The van der Waals surface area contributed by atoms with Crippen LogP contribution in [0.2, 0.25) is 0 Å². The number of piperidine rings is 1. The summed E-state index contributed by atoms with van der Waals surface area (Å²) >= 11 is 3.40. The van der Waals surface area contributed by atoms with E-state index in [0.29, 0.717) is 19.0 Å². The van der Waals surface area contributed by atoms with Crippen molar-refractivity contribution in [2.75, 3.05) is 19.3 Å². The molecule has 18 heavy (non-hydrogen) atoms. The summed E-state index contributed by atoms with van der Waals surface area (Å²) in [6.45, 7) is 1.29. The molecule has 6 heteroatoms. The molecule has 0 saturated carbocycles. The molecule has 1 aliphatic heterocycles. The largest absolute Gasteiger partial charge is 0.263 e. The van der Waals surface area contributed by atoms with Crippen molar-refractivity contribution in [3.63, 3.8) is 0 Å². The molecule has 0 amide bonds. The Balaban J connectivity index is 2.02. The van der Waals surface area contributed by atoms with Crippen molar-refractivity contribution in [1.82, 2.24) is 9.29 Å². The number of rotatable bonds is 3. The molecule has 1 aromatic heterocycles. The second-order valence-electron chi connectivity index (χ2n) is 4.84. The smallest absolute Gasteiger partial charge is 0.211 e. The van der Waals surface area contributed by atoms with Crippen LogP contribution in [0, 0.1) is 5.92 Å². The summed E-state index contributed by atoms with van der Waals surface area (Å²) in [6, 6.07) is 2.05. The Morgan fingerprint density at radius 1 is 1.50 bits per heavy atom. The second-order valence-corrected chi connectivity index (χ2v) is 7.74. The summed E-state index contributed by atoms with van der Waals surface area (Å²) in [6.07, 6.45) is 7.81. The van der Waals surface area contributed by atoms with Crippen LogP contribution >= 0.6 is 15.9 Å². The molecule has 0 spiro atoms. The van der Waals surface area contributed by atoms with Crippen LogP contribution in [0.4, 0.5) is 0 Å². The third-order valence-corrected chi connectivity index (χ3v) is 4.94. The number of halogens is 1. The quantitative estimate of drug-likeness (QED) is 0.851. The van der Waals surface area contributed by atoms with Crippen LogP contribution in [0.25, 0.3) is 0 Å². The number of nitrogens with zero attached hydrogens (tertiary/aromatic N) is 2. The summed E-state index contributed by atoms with van der Waals surface area (Å²) in [7, 11) is -3.05. The molecule has 0 aliphatic carbocycles. The standard InChI is InChI=1S/C12H17BrN2O2S/c1-18(16,17)15-4-2-3-10(9-15)5-11-6-12(13)8-14-7-11/h6-8,10H,2-5,9H2,1H3. The second kappa shape index (κ2) is 5.67. The van der Waals surface area contributed by atoms with Gasteiger partial charge in [0, 0.05) is 30.0 Å². The highest BCUT2D eigenvalue weighted by molar-refractivity contribution is 9.10. The lowest BCUT2D eigenvalue weighted by atomic mass is 9.93. The van der Waals surface area contributed by atoms with E-state index in [2.05, 4.69) is 20.9 Å². The van der Waals surface area contributed by atoms with Crippen molar-refractivity contribution in [2.24, 2.45) is 5.92 Å². The third kappa shape index (κ3) is 3.76. The normalized spacial score (nSPS) is 22.0. The van der Waals surface area contributed by atoms with Crippen LogP contribution in [0.1, 0.15) is 18.4 Å². The van der Waals surface area contributed by atoms with Gasteiger partial charge in [-0.1, -0.05) is 0 Å². The van der Waals surface area contributed by atoms with Crippen molar-refractivity contribution in [3.8, 4) is 0 Å². The lowest BCUT2D eigenvalue weighted by Crippen LogP contribution is -2.39. The minimum Gasteiger partial charge on any atom is -0.263 e. The molecule has 1 unspecified atom stereocenters. The Morgan fingerprint density at radius 3 is 2.94 bits per heavy atom. The Labute approximate surface area is 117 Å². The lowest BCUT2D eigenvalue weighted by Gasteiger charge is -2.30. The van der Waals surface area contributed by atoms with Crippen molar-refractivity contribution in [1.29, 1.82) is 0 Å². The zero-order valence-corrected chi connectivity index (χ0v) is 12.7. The van der Waals surface area contributed by atoms with Gasteiger partial charge in [0.2, 0.25) is 10.0 Å². The highest BCUT2D eigenvalue weighted by Crippen LogP contribution is 2.23. The molecule has 1 atom stereocenters. The molecule has 0 aromatic carbocycles. The van der Waals surface area contributed by atoms with E-state index in [0.717, 1.165) is 29.3 Å². The predicted molar refractivity (Wildman–Crippen MR) is 74.8 cm³/mol. The average molecular weight is 333 g/mol. The molecule has 2 rings (SSSR count). The Hall–Kier alpha value is -0.460. The lowest BCUT2D eigenvalue weighted by molar-refractivity contribution is 0.266. The van der Waals surface area contributed by atoms with Crippen molar-refractivity contribution >= 4 is 26.0 Å². The molecular weight excluding hydrogens is 316 g/mol. The van der Waals surface area contributed by atoms with Gasteiger partial charge < -0.3 is 0 Å². The summed E-state index contributed by atoms with van der Waals surface area (Å²) in [5, 5.41) is 0. The van der Waals surface area contributed by atoms with Gasteiger partial charge in [0.1, 0.15) is 0 Å². The average Bonchev–Trinajstić information content (AvgIpc) is 2.28. The third-order valence-electron chi connectivity index (χ3n) is 3.24. The van der Waals surface area contributed by atoms with Crippen LogP contribution in [0.15, 0.2) is 22.9 Å². The summed E-state index contributed by atoms with van der Waals surface area (Å²) in [5.41, 5.74) is 1.16. The molecule has 0 radical (unpaired) electrons. The summed E-state index contributed by atoms with van der Waals surface area (Å²) in [5.74, 6) is 0.393. The van der Waals surface area contributed by atoms with Crippen molar-refractivity contribution in [2.45, 2.75) is 19.3 Å². The highest BCUT2D eigenvalue weighted by atomic mass is 79.9. The first kappa shape index (κ1) is 14.0. The van der Waals surface area contributed by atoms with E-state index in [4.69, 9.17) is 0 Å². The molecule has 1 aromatic rings. The predicted octanol–water partition coefficient (Wildman–Crippen LogP) is 2.06. The molecular formula is C12H17BrN2O2S. The zero-order valence-electron chi connectivity index (χ0n) is 10.3. The number of aromatic nitrogens is 1. The van der Waals surface area contributed by atoms with Crippen molar-refractivity contribution in [3.05, 3.63) is 28.5 Å². The zero-order chi connectivity index (χ0) is 13.2. The fourth-order valence-electron chi connectivity index (χ4n) is 2.40. The van der Waals surface area contributed by atoms with E-state index in [1.807, 2.05) is 12.3 Å². The van der Waals surface area contributed by atoms with Crippen LogP contribution in [0.5, 0.6) is 0 Å². The number of pyridine rings is 1. The number of sulfonamides is 1. The fourth-order valence-corrected chi connectivity index (χ4v) is 3.75. The van der Waals surface area contributed by atoms with Crippen LogP contribution in [-0.2, 0) is 16.4 Å². The first-order valence-electron chi connectivity index (χ1n) is 5.99. The van der Waals surface area contributed by atoms with E-state index >= 15 is 0 Å². The monoisotopic (exact) mass is 332 g/mol. The topological polar surface area (TPSA) is 50.3 Å². The minimum absolute atomic E-state index is 0.393. The Kier molecular flexibility index (Phi) is 4.40. The van der Waals surface area contributed by atoms with Crippen LogP contribution in [-0.4, -0.2) is 37.1 Å². The molecule has 100 valence electrons. The van der Waals surface area contributed by atoms with E-state index in [9.17, 15) is 8.42 Å². The molecule has 0 bridgehead atoms. The van der Waals surface area contributed by atoms with Crippen LogP contribution in [0.3, 0.4) is 0 Å². The minimum atomic E-state index is -3.05. The molecule has 0 N–H and O–H groups in total. The van der Waals surface area contributed by atoms with Gasteiger partial charge in [0.25, 0.3) is 0 Å². The van der Waals surface area contributed by atoms with Gasteiger partial charge in [-0.3, -0.25) is 4.98 Å². The van der Waals surface area contributed by atoms with Crippen molar-refractivity contribution < 1.29 is 8.42 Å². The van der Waals surface area contributed by atoms with Gasteiger partial charge in [-0.05, 0) is 52.7 Å². The summed E-state index contributed by atoms with van der Waals surface area (Å²) in [4.78, 5) is 4.14. The van der Waals surface area contributed by atoms with Gasteiger partial charge >= 0.3 is 0 Å². The fraction of sp³-hybridized carbons (Fsp3) is 0.583. The maximum atomic E-state index is 11.5. The molecule has 1 fully saturated rings. The highest BCUT2D eigenvalue weighted by Gasteiger charge is 2.25. The Bertz CT molecular complexity index is 519. The maximum absolute atomic E-state index is 11.5. The van der Waals surface area contributed by atoms with Gasteiger partial charge in [0.15, 0.2) is 0 Å².